The monoisotopic (exact) mass is 207 g/mol. The Hall–Kier alpha value is -2.04. The summed E-state index contributed by atoms with van der Waals surface area (Å²) in [6.45, 7) is -0.00182. The standard InChI is InChI=1S/C10H9NO4/c1-14-7-2-3-8-9(6-7)15-10(13)11(8)4-5-12/h2-3,5-6H,4H2,1H3. The van der Waals surface area contributed by atoms with Gasteiger partial charge in [0.1, 0.15) is 12.0 Å². The Morgan fingerprint density at radius 1 is 1.53 bits per heavy atom. The second-order valence-electron chi connectivity index (χ2n) is 2.98. The number of nitrogens with zero attached hydrogens (tertiary/aromatic N) is 1. The van der Waals surface area contributed by atoms with Gasteiger partial charge < -0.3 is 13.9 Å². The molecule has 15 heavy (non-hydrogen) atoms. The molecule has 0 N–H and O–H groups in total. The van der Waals surface area contributed by atoms with Gasteiger partial charge in [0.2, 0.25) is 0 Å². The molecule has 78 valence electrons. The van der Waals surface area contributed by atoms with Crippen LogP contribution >= 0.6 is 0 Å². The number of carbonyl (C=O) groups excluding carboxylic acids is 1. The SMILES string of the molecule is COc1ccc2c(c1)oc(=O)n2CC=O. The van der Waals surface area contributed by atoms with E-state index < -0.39 is 5.76 Å². The number of hydrogen-bond acceptors (Lipinski definition) is 4. The molecule has 0 bridgehead atoms. The molecule has 0 aliphatic carbocycles. The summed E-state index contributed by atoms with van der Waals surface area (Å²) in [5.41, 5.74) is 1.01. The van der Waals surface area contributed by atoms with E-state index in [0.717, 1.165) is 0 Å². The third kappa shape index (κ3) is 1.52. The summed E-state index contributed by atoms with van der Waals surface area (Å²) in [6, 6.07) is 5.00. The van der Waals surface area contributed by atoms with Crippen LogP contribution in [0.15, 0.2) is 27.4 Å². The summed E-state index contributed by atoms with van der Waals surface area (Å²) in [5, 5.41) is 0. The Labute approximate surface area is 84.9 Å². The Bertz CT molecular complexity index is 552. The molecule has 1 aromatic heterocycles. The minimum absolute atomic E-state index is 0.00182. The van der Waals surface area contributed by atoms with Crippen molar-refractivity contribution in [1.29, 1.82) is 0 Å². The molecule has 0 saturated carbocycles. The van der Waals surface area contributed by atoms with Gasteiger partial charge in [0.05, 0.1) is 19.2 Å². The number of benzene rings is 1. The lowest BCUT2D eigenvalue weighted by Gasteiger charge is -1.98. The Morgan fingerprint density at radius 3 is 3.00 bits per heavy atom. The Kier molecular flexibility index (Phi) is 2.29. The highest BCUT2D eigenvalue weighted by Crippen LogP contribution is 2.19. The van der Waals surface area contributed by atoms with E-state index in [9.17, 15) is 9.59 Å². The summed E-state index contributed by atoms with van der Waals surface area (Å²) in [4.78, 5) is 21.7. The Balaban J connectivity index is 2.68. The van der Waals surface area contributed by atoms with E-state index in [2.05, 4.69) is 0 Å². The lowest BCUT2D eigenvalue weighted by molar-refractivity contribution is -0.108. The van der Waals surface area contributed by atoms with Crippen LogP contribution in [0.25, 0.3) is 11.1 Å². The molecule has 0 radical (unpaired) electrons. The van der Waals surface area contributed by atoms with E-state index in [-0.39, 0.29) is 6.54 Å². The molecular formula is C10H9NO4. The fourth-order valence-electron chi connectivity index (χ4n) is 1.42. The van der Waals surface area contributed by atoms with Crippen molar-refractivity contribution in [3.05, 3.63) is 28.7 Å². The molecule has 2 rings (SSSR count). The van der Waals surface area contributed by atoms with Crippen molar-refractivity contribution in [2.24, 2.45) is 0 Å². The zero-order valence-electron chi connectivity index (χ0n) is 8.10. The molecule has 2 aromatic rings. The van der Waals surface area contributed by atoms with Crippen molar-refractivity contribution < 1.29 is 13.9 Å². The summed E-state index contributed by atoms with van der Waals surface area (Å²) in [7, 11) is 1.53. The normalized spacial score (nSPS) is 10.5. The van der Waals surface area contributed by atoms with Gasteiger partial charge in [0.25, 0.3) is 0 Å². The van der Waals surface area contributed by atoms with Crippen molar-refractivity contribution in [2.75, 3.05) is 7.11 Å². The van der Waals surface area contributed by atoms with Crippen LogP contribution in [0.2, 0.25) is 0 Å². The lowest BCUT2D eigenvalue weighted by atomic mass is 10.3. The molecule has 0 amide bonds. The van der Waals surface area contributed by atoms with Gasteiger partial charge in [-0.1, -0.05) is 0 Å². The van der Waals surface area contributed by atoms with Crippen LogP contribution in [0.3, 0.4) is 0 Å². The first-order chi connectivity index (χ1) is 7.26. The number of ether oxygens (including phenoxy) is 1. The maximum Gasteiger partial charge on any atom is 0.420 e. The fraction of sp³-hybridized carbons (Fsp3) is 0.200. The van der Waals surface area contributed by atoms with Crippen LogP contribution in [-0.4, -0.2) is 18.0 Å². The maximum absolute atomic E-state index is 11.3. The van der Waals surface area contributed by atoms with E-state index in [1.807, 2.05) is 0 Å². The molecule has 0 unspecified atom stereocenters. The van der Waals surface area contributed by atoms with Gasteiger partial charge in [-0.15, -0.1) is 0 Å². The second-order valence-corrected chi connectivity index (χ2v) is 2.98. The van der Waals surface area contributed by atoms with Crippen LogP contribution in [0.5, 0.6) is 5.75 Å². The van der Waals surface area contributed by atoms with E-state index in [1.165, 1.54) is 11.7 Å². The first-order valence-corrected chi connectivity index (χ1v) is 4.37. The van der Waals surface area contributed by atoms with Gasteiger partial charge in [-0.05, 0) is 12.1 Å². The average Bonchev–Trinajstić information content (AvgIpc) is 2.55. The topological polar surface area (TPSA) is 61.4 Å². The average molecular weight is 207 g/mol. The van der Waals surface area contributed by atoms with Crippen LogP contribution in [0.1, 0.15) is 0 Å². The number of oxazole rings is 1. The molecule has 5 nitrogen and oxygen atoms in total. The van der Waals surface area contributed by atoms with Gasteiger partial charge in [-0.2, -0.15) is 0 Å². The molecule has 1 aromatic carbocycles. The minimum Gasteiger partial charge on any atom is -0.497 e. The van der Waals surface area contributed by atoms with Gasteiger partial charge in [0, 0.05) is 6.07 Å². The molecular weight excluding hydrogens is 198 g/mol. The summed E-state index contributed by atoms with van der Waals surface area (Å²) in [6.07, 6.45) is 0.653. The maximum atomic E-state index is 11.3. The van der Waals surface area contributed by atoms with Crippen LogP contribution in [-0.2, 0) is 11.3 Å². The van der Waals surface area contributed by atoms with Gasteiger partial charge in [-0.25, -0.2) is 4.79 Å². The number of fused-ring (bicyclic) bond motifs is 1. The minimum atomic E-state index is -0.537. The van der Waals surface area contributed by atoms with Gasteiger partial charge >= 0.3 is 5.76 Å². The zero-order valence-corrected chi connectivity index (χ0v) is 8.10. The molecule has 0 saturated heterocycles. The molecule has 0 spiro atoms. The second kappa shape index (κ2) is 3.61. The number of methoxy groups -OCH3 is 1. The van der Waals surface area contributed by atoms with Crippen LogP contribution in [0.4, 0.5) is 0 Å². The Morgan fingerprint density at radius 2 is 2.33 bits per heavy atom. The largest absolute Gasteiger partial charge is 0.497 e. The predicted molar refractivity (Wildman–Crippen MR) is 53.1 cm³/mol. The highest BCUT2D eigenvalue weighted by atomic mass is 16.5. The summed E-state index contributed by atoms with van der Waals surface area (Å²) in [5.74, 6) is 0.0693. The molecule has 0 aliphatic rings. The van der Waals surface area contributed by atoms with E-state index in [0.29, 0.717) is 23.1 Å². The van der Waals surface area contributed by atoms with E-state index in [1.54, 1.807) is 18.2 Å². The van der Waals surface area contributed by atoms with Gasteiger partial charge in [0.15, 0.2) is 5.58 Å². The smallest absolute Gasteiger partial charge is 0.420 e. The quantitative estimate of drug-likeness (QED) is 0.698. The number of carbonyl (C=O) groups is 1. The lowest BCUT2D eigenvalue weighted by Crippen LogP contribution is -2.14. The van der Waals surface area contributed by atoms with Crippen molar-refractivity contribution in [3.8, 4) is 5.75 Å². The van der Waals surface area contributed by atoms with Crippen molar-refractivity contribution >= 4 is 17.4 Å². The number of hydrogen-bond donors (Lipinski definition) is 0. The van der Waals surface area contributed by atoms with Crippen molar-refractivity contribution in [3.63, 3.8) is 0 Å². The van der Waals surface area contributed by atoms with Crippen molar-refractivity contribution in [2.45, 2.75) is 6.54 Å². The van der Waals surface area contributed by atoms with E-state index in [4.69, 9.17) is 9.15 Å². The first-order valence-electron chi connectivity index (χ1n) is 4.37. The zero-order chi connectivity index (χ0) is 10.8. The first kappa shape index (κ1) is 9.51. The highest BCUT2D eigenvalue weighted by molar-refractivity contribution is 5.75. The summed E-state index contributed by atoms with van der Waals surface area (Å²) >= 11 is 0. The number of rotatable bonds is 3. The van der Waals surface area contributed by atoms with Gasteiger partial charge in [-0.3, -0.25) is 4.57 Å². The molecule has 0 aliphatic heterocycles. The molecule has 1 heterocycles. The molecule has 0 fully saturated rings. The predicted octanol–water partition coefficient (Wildman–Crippen LogP) is 0.802. The molecule has 0 atom stereocenters. The third-order valence-corrected chi connectivity index (χ3v) is 2.13. The number of aromatic nitrogens is 1. The number of aldehydes is 1. The summed E-state index contributed by atoms with van der Waals surface area (Å²) < 4.78 is 11.2. The van der Waals surface area contributed by atoms with Crippen LogP contribution < -0.4 is 10.5 Å². The van der Waals surface area contributed by atoms with Crippen LogP contribution in [0, 0.1) is 0 Å². The van der Waals surface area contributed by atoms with Crippen molar-refractivity contribution in [1.82, 2.24) is 4.57 Å². The fourth-order valence-corrected chi connectivity index (χ4v) is 1.42. The highest BCUT2D eigenvalue weighted by Gasteiger charge is 2.08. The molecule has 5 heteroatoms. The van der Waals surface area contributed by atoms with E-state index >= 15 is 0 Å². The third-order valence-electron chi connectivity index (χ3n) is 2.13.